The van der Waals surface area contributed by atoms with Crippen LogP contribution in [0.25, 0.3) is 0 Å². The van der Waals surface area contributed by atoms with Gasteiger partial charge in [-0.15, -0.1) is 0 Å². The number of benzene rings is 2. The van der Waals surface area contributed by atoms with Gasteiger partial charge in [-0.2, -0.15) is 0 Å². The number of primary amides is 1. The van der Waals surface area contributed by atoms with Crippen molar-refractivity contribution in [2.24, 2.45) is 5.73 Å². The number of nitrogens with one attached hydrogen (secondary N) is 1. The minimum absolute atomic E-state index is 0.146. The number of nitrogens with zero attached hydrogens (tertiary/aromatic N) is 1. The third kappa shape index (κ3) is 5.01. The predicted molar refractivity (Wildman–Crippen MR) is 109 cm³/mol. The maximum absolute atomic E-state index is 12.6. The van der Waals surface area contributed by atoms with Crippen molar-refractivity contribution in [1.82, 2.24) is 4.90 Å². The third-order valence-corrected chi connectivity index (χ3v) is 4.74. The second kappa shape index (κ2) is 9.23. The van der Waals surface area contributed by atoms with Crippen LogP contribution in [0, 0.1) is 6.92 Å². The van der Waals surface area contributed by atoms with Crippen molar-refractivity contribution in [3.63, 3.8) is 0 Å². The Morgan fingerprint density at radius 1 is 1.11 bits per heavy atom. The van der Waals surface area contributed by atoms with Gasteiger partial charge in [0.05, 0.1) is 20.3 Å². The second-order valence-corrected chi connectivity index (χ2v) is 6.66. The molecule has 2 amide bonds. The lowest BCUT2D eigenvalue weighted by atomic mass is 10.1. The molecule has 3 N–H and O–H groups in total. The average molecular weight is 385 g/mol. The molecule has 0 heterocycles. The Morgan fingerprint density at radius 2 is 1.68 bits per heavy atom. The van der Waals surface area contributed by atoms with Crippen molar-refractivity contribution < 1.29 is 19.1 Å². The summed E-state index contributed by atoms with van der Waals surface area (Å²) in [4.78, 5) is 25.7. The van der Waals surface area contributed by atoms with E-state index in [-0.39, 0.29) is 11.9 Å². The van der Waals surface area contributed by atoms with E-state index in [2.05, 4.69) is 5.32 Å². The fourth-order valence-electron chi connectivity index (χ4n) is 2.76. The summed E-state index contributed by atoms with van der Waals surface area (Å²) in [5.74, 6) is 0.684. The second-order valence-electron chi connectivity index (χ2n) is 6.66. The molecule has 7 nitrogen and oxygen atoms in total. The molecule has 1 unspecified atom stereocenters. The summed E-state index contributed by atoms with van der Waals surface area (Å²) in [6, 6.07) is 9.96. The summed E-state index contributed by atoms with van der Waals surface area (Å²) in [6.07, 6.45) is 0. The molecule has 2 aromatic rings. The van der Waals surface area contributed by atoms with Gasteiger partial charge >= 0.3 is 0 Å². The van der Waals surface area contributed by atoms with Gasteiger partial charge in [-0.05, 0) is 68.4 Å². The zero-order valence-corrected chi connectivity index (χ0v) is 16.9. The van der Waals surface area contributed by atoms with E-state index in [9.17, 15) is 9.59 Å². The van der Waals surface area contributed by atoms with Crippen molar-refractivity contribution in [2.45, 2.75) is 26.4 Å². The molecular weight excluding hydrogens is 358 g/mol. The molecule has 0 saturated heterocycles. The smallest absolute Gasteiger partial charge is 0.248 e. The van der Waals surface area contributed by atoms with Crippen LogP contribution in [0.3, 0.4) is 0 Å². The van der Waals surface area contributed by atoms with Gasteiger partial charge in [0, 0.05) is 17.8 Å². The fourth-order valence-corrected chi connectivity index (χ4v) is 2.76. The number of likely N-dealkylation sites (N-methyl/N-ethyl adjacent to an activating group) is 1. The number of methoxy groups -OCH3 is 2. The Morgan fingerprint density at radius 3 is 2.21 bits per heavy atom. The number of anilines is 1. The molecule has 0 aliphatic carbocycles. The topological polar surface area (TPSA) is 93.9 Å². The minimum atomic E-state index is -0.503. The van der Waals surface area contributed by atoms with Crippen molar-refractivity contribution in [3.05, 3.63) is 53.1 Å². The Kier molecular flexibility index (Phi) is 7.00. The van der Waals surface area contributed by atoms with Gasteiger partial charge in [0.2, 0.25) is 11.8 Å². The maximum atomic E-state index is 12.6. The van der Waals surface area contributed by atoms with Gasteiger partial charge < -0.3 is 20.5 Å². The Balaban J connectivity index is 2.06. The van der Waals surface area contributed by atoms with E-state index in [4.69, 9.17) is 15.2 Å². The van der Waals surface area contributed by atoms with Crippen LogP contribution in [0.15, 0.2) is 36.4 Å². The van der Waals surface area contributed by atoms with Crippen LogP contribution in [0.5, 0.6) is 11.5 Å². The zero-order chi connectivity index (χ0) is 20.8. The van der Waals surface area contributed by atoms with Crippen LogP contribution in [-0.4, -0.2) is 44.0 Å². The molecule has 0 aliphatic rings. The SMILES string of the molecule is COc1cc(C)c(CN(C)C(C)C(=O)Nc2ccc(C(N)=O)cc2)cc1OC. The number of ether oxygens (including phenoxy) is 2. The molecule has 0 aromatic heterocycles. The Labute approximate surface area is 165 Å². The summed E-state index contributed by atoms with van der Waals surface area (Å²) < 4.78 is 10.7. The fraction of sp³-hybridized carbons (Fsp3) is 0.333. The van der Waals surface area contributed by atoms with Crippen LogP contribution >= 0.6 is 0 Å². The molecular formula is C21H27N3O4. The van der Waals surface area contributed by atoms with E-state index in [0.29, 0.717) is 29.3 Å². The number of aryl methyl sites for hydroxylation is 1. The lowest BCUT2D eigenvalue weighted by molar-refractivity contribution is -0.120. The zero-order valence-electron chi connectivity index (χ0n) is 16.9. The van der Waals surface area contributed by atoms with Gasteiger partial charge in [-0.3, -0.25) is 14.5 Å². The summed E-state index contributed by atoms with van der Waals surface area (Å²) in [5.41, 5.74) is 8.33. The highest BCUT2D eigenvalue weighted by atomic mass is 16.5. The van der Waals surface area contributed by atoms with Gasteiger partial charge in [0.25, 0.3) is 0 Å². The largest absolute Gasteiger partial charge is 0.493 e. The Bertz CT molecular complexity index is 849. The van der Waals surface area contributed by atoms with E-state index >= 15 is 0 Å². The first-order valence-corrected chi connectivity index (χ1v) is 8.89. The van der Waals surface area contributed by atoms with Gasteiger partial charge in [-0.1, -0.05) is 0 Å². The highest BCUT2D eigenvalue weighted by Crippen LogP contribution is 2.30. The molecule has 7 heteroatoms. The third-order valence-electron chi connectivity index (χ3n) is 4.74. The van der Waals surface area contributed by atoms with Crippen molar-refractivity contribution in [3.8, 4) is 11.5 Å². The molecule has 2 rings (SSSR count). The van der Waals surface area contributed by atoms with Crippen LogP contribution in [0.2, 0.25) is 0 Å². The standard InChI is InChI=1S/C21H27N3O4/c1-13-10-18(27-4)19(28-5)11-16(13)12-24(3)14(2)21(26)23-17-8-6-15(7-9-17)20(22)25/h6-11,14H,12H2,1-5H3,(H2,22,25)(H,23,26). The van der Waals surface area contributed by atoms with Crippen LogP contribution in [0.1, 0.15) is 28.4 Å². The quantitative estimate of drug-likeness (QED) is 0.728. The summed E-state index contributed by atoms with van der Waals surface area (Å²) >= 11 is 0. The molecule has 1 atom stereocenters. The molecule has 2 aromatic carbocycles. The first-order chi connectivity index (χ1) is 13.3. The summed E-state index contributed by atoms with van der Waals surface area (Å²) in [5, 5.41) is 2.85. The first kappa shape index (κ1) is 21.2. The monoisotopic (exact) mass is 385 g/mol. The van der Waals surface area contributed by atoms with E-state index in [1.807, 2.05) is 37.9 Å². The Hall–Kier alpha value is -3.06. The molecule has 28 heavy (non-hydrogen) atoms. The molecule has 0 radical (unpaired) electrons. The highest BCUT2D eigenvalue weighted by Gasteiger charge is 2.20. The normalized spacial score (nSPS) is 11.8. The maximum Gasteiger partial charge on any atom is 0.248 e. The molecule has 150 valence electrons. The number of nitrogens with two attached hydrogens (primary N) is 1. The molecule has 0 spiro atoms. The average Bonchev–Trinajstić information content (AvgIpc) is 2.68. The highest BCUT2D eigenvalue weighted by molar-refractivity contribution is 5.96. The molecule has 0 bridgehead atoms. The van der Waals surface area contributed by atoms with Gasteiger partial charge in [0.15, 0.2) is 11.5 Å². The van der Waals surface area contributed by atoms with Crippen LogP contribution < -0.4 is 20.5 Å². The summed E-state index contributed by atoms with van der Waals surface area (Å²) in [7, 11) is 5.09. The molecule has 0 saturated carbocycles. The number of carbonyl (C=O) groups excluding carboxylic acids is 2. The number of rotatable bonds is 8. The van der Waals surface area contributed by atoms with E-state index in [0.717, 1.165) is 11.1 Å². The first-order valence-electron chi connectivity index (χ1n) is 8.89. The van der Waals surface area contributed by atoms with Crippen molar-refractivity contribution in [1.29, 1.82) is 0 Å². The lowest BCUT2D eigenvalue weighted by Crippen LogP contribution is -2.39. The molecule has 0 aliphatic heterocycles. The predicted octanol–water partition coefficient (Wildman–Crippen LogP) is 2.57. The van der Waals surface area contributed by atoms with E-state index in [1.54, 1.807) is 38.5 Å². The van der Waals surface area contributed by atoms with Crippen LogP contribution in [-0.2, 0) is 11.3 Å². The van der Waals surface area contributed by atoms with Crippen molar-refractivity contribution in [2.75, 3.05) is 26.6 Å². The minimum Gasteiger partial charge on any atom is -0.493 e. The van der Waals surface area contributed by atoms with E-state index < -0.39 is 5.91 Å². The summed E-state index contributed by atoms with van der Waals surface area (Å²) in [6.45, 7) is 4.40. The van der Waals surface area contributed by atoms with Crippen molar-refractivity contribution >= 4 is 17.5 Å². The number of carbonyl (C=O) groups is 2. The lowest BCUT2D eigenvalue weighted by Gasteiger charge is -2.25. The number of hydrogen-bond donors (Lipinski definition) is 2. The number of hydrogen-bond acceptors (Lipinski definition) is 5. The van der Waals surface area contributed by atoms with E-state index in [1.165, 1.54) is 0 Å². The van der Waals surface area contributed by atoms with Gasteiger partial charge in [0.1, 0.15) is 0 Å². The van der Waals surface area contributed by atoms with Gasteiger partial charge in [-0.25, -0.2) is 0 Å². The van der Waals surface area contributed by atoms with Crippen LogP contribution in [0.4, 0.5) is 5.69 Å². The number of amides is 2. The molecule has 0 fully saturated rings.